The van der Waals surface area contributed by atoms with Gasteiger partial charge in [-0.2, -0.15) is 5.10 Å². The molecule has 1 aromatic rings. The van der Waals surface area contributed by atoms with Crippen molar-refractivity contribution in [2.24, 2.45) is 13.0 Å². The maximum atomic E-state index is 12.6. The molecule has 1 fully saturated rings. The first kappa shape index (κ1) is 13.4. The van der Waals surface area contributed by atoms with E-state index in [2.05, 4.69) is 17.3 Å². The normalized spacial score (nSPS) is 26.6. The number of likely N-dealkylation sites (tertiary alicyclic amines) is 1. The van der Waals surface area contributed by atoms with Crippen molar-refractivity contribution in [2.75, 3.05) is 6.54 Å². The summed E-state index contributed by atoms with van der Waals surface area (Å²) in [7, 11) is 1.88. The van der Waals surface area contributed by atoms with Gasteiger partial charge < -0.3 is 10.0 Å². The van der Waals surface area contributed by atoms with Crippen LogP contribution in [0.25, 0.3) is 0 Å². The molecule has 3 rings (SSSR count). The van der Waals surface area contributed by atoms with Crippen LogP contribution in [0, 0.1) is 5.92 Å². The Morgan fingerprint density at radius 3 is 2.85 bits per heavy atom. The Bertz CT molecular complexity index is 515. The van der Waals surface area contributed by atoms with E-state index in [9.17, 15) is 9.90 Å². The van der Waals surface area contributed by atoms with Gasteiger partial charge in [-0.3, -0.25) is 9.48 Å². The van der Waals surface area contributed by atoms with Gasteiger partial charge in [0.25, 0.3) is 0 Å². The van der Waals surface area contributed by atoms with Crippen LogP contribution in [0.2, 0.25) is 0 Å². The van der Waals surface area contributed by atoms with Crippen molar-refractivity contribution in [3.05, 3.63) is 30.1 Å². The van der Waals surface area contributed by atoms with Crippen LogP contribution in [0.1, 0.15) is 24.8 Å². The average Bonchev–Trinajstić information content (AvgIpc) is 3.13. The van der Waals surface area contributed by atoms with Crippen LogP contribution in [-0.4, -0.2) is 44.4 Å². The maximum absolute atomic E-state index is 12.6. The molecule has 0 spiro atoms. The number of nitrogens with zero attached hydrogens (tertiary/aromatic N) is 3. The van der Waals surface area contributed by atoms with Crippen molar-refractivity contribution in [1.82, 2.24) is 14.7 Å². The highest BCUT2D eigenvalue weighted by atomic mass is 16.3. The van der Waals surface area contributed by atoms with E-state index < -0.39 is 6.10 Å². The second-order valence-electron chi connectivity index (χ2n) is 5.82. The summed E-state index contributed by atoms with van der Waals surface area (Å²) < 4.78 is 1.75. The van der Waals surface area contributed by atoms with Gasteiger partial charge in [0, 0.05) is 25.7 Å². The predicted octanol–water partition coefficient (Wildman–Crippen LogP) is 0.891. The number of rotatable bonds is 3. The first-order chi connectivity index (χ1) is 9.65. The molecule has 20 heavy (non-hydrogen) atoms. The SMILES string of the molecule is Cn1cc(C[C@H]2[C@@H](O)CCN2C(=O)C2CC=CC2)cn1. The molecule has 1 aliphatic carbocycles. The molecule has 1 amide bonds. The number of carbonyl (C=O) groups excluding carboxylic acids is 1. The molecule has 1 N–H and O–H groups in total. The Labute approximate surface area is 118 Å². The van der Waals surface area contributed by atoms with Crippen LogP contribution in [0.5, 0.6) is 0 Å². The summed E-state index contributed by atoms with van der Waals surface area (Å²) in [6.45, 7) is 0.668. The molecule has 1 saturated heterocycles. The molecule has 0 radical (unpaired) electrons. The molecule has 5 nitrogen and oxygen atoms in total. The molecule has 0 aromatic carbocycles. The second kappa shape index (κ2) is 5.40. The standard InChI is InChI=1S/C15H21N3O2/c1-17-10-11(9-16-17)8-13-14(19)6-7-18(13)15(20)12-4-2-3-5-12/h2-3,9-10,12-14,19H,4-8H2,1H3/t13-,14-/m0/s1. The topological polar surface area (TPSA) is 58.4 Å². The minimum atomic E-state index is -0.423. The molecule has 5 heteroatoms. The minimum Gasteiger partial charge on any atom is -0.391 e. The van der Waals surface area contributed by atoms with Crippen LogP contribution in [0.4, 0.5) is 0 Å². The third-order valence-corrected chi connectivity index (χ3v) is 4.35. The molecule has 0 bridgehead atoms. The van der Waals surface area contributed by atoms with Crippen LogP contribution in [0.15, 0.2) is 24.5 Å². The van der Waals surface area contributed by atoms with E-state index in [-0.39, 0.29) is 17.9 Å². The monoisotopic (exact) mass is 275 g/mol. The molecule has 2 atom stereocenters. The largest absolute Gasteiger partial charge is 0.391 e. The summed E-state index contributed by atoms with van der Waals surface area (Å²) in [6, 6.07) is -0.104. The molecular formula is C15H21N3O2. The molecular weight excluding hydrogens is 254 g/mol. The van der Waals surface area contributed by atoms with Gasteiger partial charge in [-0.15, -0.1) is 0 Å². The minimum absolute atomic E-state index is 0.0803. The fourth-order valence-electron chi connectivity index (χ4n) is 3.23. The van der Waals surface area contributed by atoms with Gasteiger partial charge in [0.15, 0.2) is 0 Å². The summed E-state index contributed by atoms with van der Waals surface area (Å²) >= 11 is 0. The van der Waals surface area contributed by atoms with Gasteiger partial charge in [-0.05, 0) is 31.2 Å². The van der Waals surface area contributed by atoms with Crippen molar-refractivity contribution in [1.29, 1.82) is 0 Å². The third-order valence-electron chi connectivity index (χ3n) is 4.35. The Hall–Kier alpha value is -1.62. The van der Waals surface area contributed by atoms with E-state index in [0.717, 1.165) is 18.4 Å². The lowest BCUT2D eigenvalue weighted by Gasteiger charge is -2.28. The summed E-state index contributed by atoms with van der Waals surface area (Å²) in [5.41, 5.74) is 1.07. The Kier molecular flexibility index (Phi) is 3.61. The number of aryl methyl sites for hydroxylation is 1. The summed E-state index contributed by atoms with van der Waals surface area (Å²) in [4.78, 5) is 14.4. The third kappa shape index (κ3) is 2.50. The van der Waals surface area contributed by atoms with Crippen molar-refractivity contribution in [2.45, 2.75) is 37.8 Å². The van der Waals surface area contributed by atoms with E-state index in [1.165, 1.54) is 0 Å². The number of aromatic nitrogens is 2. The smallest absolute Gasteiger partial charge is 0.226 e. The van der Waals surface area contributed by atoms with Crippen molar-refractivity contribution in [3.63, 3.8) is 0 Å². The zero-order valence-corrected chi connectivity index (χ0v) is 11.8. The summed E-state index contributed by atoms with van der Waals surface area (Å²) in [5.74, 6) is 0.275. The average molecular weight is 275 g/mol. The Morgan fingerprint density at radius 2 is 2.20 bits per heavy atom. The molecule has 1 aliphatic heterocycles. The Morgan fingerprint density at radius 1 is 1.45 bits per heavy atom. The van der Waals surface area contributed by atoms with Gasteiger partial charge in [0.05, 0.1) is 18.3 Å². The summed E-state index contributed by atoms with van der Waals surface area (Å²) in [5, 5.41) is 14.3. The molecule has 2 aliphatic rings. The van der Waals surface area contributed by atoms with E-state index in [1.54, 1.807) is 4.68 Å². The molecule has 2 heterocycles. The zero-order chi connectivity index (χ0) is 14.1. The maximum Gasteiger partial charge on any atom is 0.226 e. The van der Waals surface area contributed by atoms with Crippen LogP contribution in [-0.2, 0) is 18.3 Å². The van der Waals surface area contributed by atoms with Gasteiger partial charge in [-0.1, -0.05) is 12.2 Å². The lowest BCUT2D eigenvalue weighted by molar-refractivity contribution is -0.136. The fourth-order valence-corrected chi connectivity index (χ4v) is 3.23. The molecule has 108 valence electrons. The van der Waals surface area contributed by atoms with Crippen molar-refractivity contribution in [3.8, 4) is 0 Å². The Balaban J connectivity index is 1.71. The number of hydrogen-bond acceptors (Lipinski definition) is 3. The van der Waals surface area contributed by atoms with E-state index >= 15 is 0 Å². The number of carbonyl (C=O) groups is 1. The van der Waals surface area contributed by atoms with Crippen molar-refractivity contribution >= 4 is 5.91 Å². The van der Waals surface area contributed by atoms with E-state index in [1.807, 2.05) is 24.3 Å². The first-order valence-electron chi connectivity index (χ1n) is 7.26. The summed E-state index contributed by atoms with van der Waals surface area (Å²) in [6.07, 6.45) is 10.5. The highest BCUT2D eigenvalue weighted by Gasteiger charge is 2.38. The van der Waals surface area contributed by atoms with Crippen LogP contribution in [0.3, 0.4) is 0 Å². The van der Waals surface area contributed by atoms with E-state index in [0.29, 0.717) is 19.4 Å². The lowest BCUT2D eigenvalue weighted by atomic mass is 10.0. The number of aliphatic hydroxyl groups is 1. The van der Waals surface area contributed by atoms with Gasteiger partial charge >= 0.3 is 0 Å². The number of hydrogen-bond donors (Lipinski definition) is 1. The number of aliphatic hydroxyl groups excluding tert-OH is 1. The van der Waals surface area contributed by atoms with E-state index in [4.69, 9.17) is 0 Å². The number of allylic oxidation sites excluding steroid dienone is 2. The van der Waals surface area contributed by atoms with Crippen molar-refractivity contribution < 1.29 is 9.90 Å². The van der Waals surface area contributed by atoms with Gasteiger partial charge in [0.2, 0.25) is 5.91 Å². The number of amides is 1. The molecule has 0 saturated carbocycles. The highest BCUT2D eigenvalue weighted by molar-refractivity contribution is 5.80. The first-order valence-corrected chi connectivity index (χ1v) is 7.26. The zero-order valence-electron chi connectivity index (χ0n) is 11.8. The quantitative estimate of drug-likeness (QED) is 0.834. The fraction of sp³-hybridized carbons (Fsp3) is 0.600. The molecule has 0 unspecified atom stereocenters. The predicted molar refractivity (Wildman–Crippen MR) is 74.9 cm³/mol. The van der Waals surface area contributed by atoms with Crippen LogP contribution >= 0.6 is 0 Å². The second-order valence-corrected chi connectivity index (χ2v) is 5.82. The van der Waals surface area contributed by atoms with Gasteiger partial charge in [0.1, 0.15) is 0 Å². The lowest BCUT2D eigenvalue weighted by Crippen LogP contribution is -2.43. The van der Waals surface area contributed by atoms with Crippen LogP contribution < -0.4 is 0 Å². The highest BCUT2D eigenvalue weighted by Crippen LogP contribution is 2.27. The molecule has 1 aromatic heterocycles. The van der Waals surface area contributed by atoms with Gasteiger partial charge in [-0.25, -0.2) is 0 Å².